The Kier molecular flexibility index (Phi) is 5.39. The number of benzene rings is 1. The van der Waals surface area contributed by atoms with E-state index in [0.717, 1.165) is 5.56 Å². The monoisotopic (exact) mass is 317 g/mol. The van der Waals surface area contributed by atoms with Gasteiger partial charge >= 0.3 is 6.03 Å². The van der Waals surface area contributed by atoms with Crippen molar-refractivity contribution in [1.82, 2.24) is 15.8 Å². The number of urea groups is 1. The maximum Gasteiger partial charge on any atom is 0.315 e. The van der Waals surface area contributed by atoms with Crippen LogP contribution in [0.5, 0.6) is 0 Å². The van der Waals surface area contributed by atoms with Crippen LogP contribution in [0.25, 0.3) is 11.3 Å². The maximum atomic E-state index is 11.8. The summed E-state index contributed by atoms with van der Waals surface area (Å²) >= 11 is 0. The molecule has 0 aliphatic carbocycles. The lowest BCUT2D eigenvalue weighted by atomic mass is 9.93. The summed E-state index contributed by atoms with van der Waals surface area (Å²) in [4.78, 5) is 11.8. The molecule has 23 heavy (non-hydrogen) atoms. The Morgan fingerprint density at radius 3 is 2.65 bits per heavy atom. The molecule has 2 amide bonds. The van der Waals surface area contributed by atoms with Crippen LogP contribution in [0.3, 0.4) is 0 Å². The standard InChI is InChI=1S/C17H23N3O3/c1-12(2)17(3,22)11-19-16(21)18-10-14-9-15(23-20-14)13-7-5-4-6-8-13/h4-9,12,22H,10-11H2,1-3H3,(H2,18,19,21). The molecule has 0 bridgehead atoms. The lowest BCUT2D eigenvalue weighted by molar-refractivity contribution is 0.0166. The number of hydrogen-bond acceptors (Lipinski definition) is 4. The first-order valence-corrected chi connectivity index (χ1v) is 7.63. The number of nitrogens with zero attached hydrogens (tertiary/aromatic N) is 1. The average molecular weight is 317 g/mol. The average Bonchev–Trinajstić information content (AvgIpc) is 3.01. The van der Waals surface area contributed by atoms with E-state index in [9.17, 15) is 9.90 Å². The van der Waals surface area contributed by atoms with Gasteiger partial charge in [0.25, 0.3) is 0 Å². The molecule has 1 heterocycles. The minimum atomic E-state index is -0.939. The van der Waals surface area contributed by atoms with E-state index in [1.54, 1.807) is 13.0 Å². The summed E-state index contributed by atoms with van der Waals surface area (Å²) in [5, 5.41) is 19.4. The molecule has 0 fully saturated rings. The Morgan fingerprint density at radius 1 is 1.30 bits per heavy atom. The van der Waals surface area contributed by atoms with E-state index in [-0.39, 0.29) is 25.0 Å². The van der Waals surface area contributed by atoms with Crippen molar-refractivity contribution in [2.45, 2.75) is 32.9 Å². The van der Waals surface area contributed by atoms with Gasteiger partial charge in [0, 0.05) is 18.2 Å². The van der Waals surface area contributed by atoms with Crippen molar-refractivity contribution >= 4 is 6.03 Å². The SMILES string of the molecule is CC(C)C(C)(O)CNC(=O)NCc1cc(-c2ccccc2)on1. The first kappa shape index (κ1) is 17.0. The van der Waals surface area contributed by atoms with Gasteiger partial charge in [-0.1, -0.05) is 49.3 Å². The second kappa shape index (κ2) is 7.28. The molecule has 0 spiro atoms. The molecule has 6 nitrogen and oxygen atoms in total. The van der Waals surface area contributed by atoms with Crippen LogP contribution in [0.1, 0.15) is 26.5 Å². The quantitative estimate of drug-likeness (QED) is 0.764. The van der Waals surface area contributed by atoms with E-state index in [4.69, 9.17) is 4.52 Å². The van der Waals surface area contributed by atoms with Crippen LogP contribution in [0.2, 0.25) is 0 Å². The Balaban J connectivity index is 1.82. The highest BCUT2D eigenvalue weighted by molar-refractivity contribution is 5.73. The van der Waals surface area contributed by atoms with Gasteiger partial charge in [-0.3, -0.25) is 0 Å². The lowest BCUT2D eigenvalue weighted by Crippen LogP contribution is -2.47. The van der Waals surface area contributed by atoms with Crippen molar-refractivity contribution in [3.8, 4) is 11.3 Å². The van der Waals surface area contributed by atoms with Gasteiger partial charge in [-0.25, -0.2) is 4.79 Å². The molecular formula is C17H23N3O3. The molecule has 1 aromatic carbocycles. The predicted molar refractivity (Wildman–Crippen MR) is 87.6 cm³/mol. The highest BCUT2D eigenvalue weighted by Gasteiger charge is 2.25. The van der Waals surface area contributed by atoms with Gasteiger partial charge in [0.1, 0.15) is 5.69 Å². The van der Waals surface area contributed by atoms with E-state index < -0.39 is 5.60 Å². The highest BCUT2D eigenvalue weighted by Crippen LogP contribution is 2.19. The molecule has 0 saturated carbocycles. The first-order chi connectivity index (χ1) is 10.9. The zero-order valence-corrected chi connectivity index (χ0v) is 13.7. The Hall–Kier alpha value is -2.34. The summed E-state index contributed by atoms with van der Waals surface area (Å²) in [6.45, 7) is 5.94. The number of hydrogen-bond donors (Lipinski definition) is 3. The lowest BCUT2D eigenvalue weighted by Gasteiger charge is -2.27. The zero-order valence-electron chi connectivity index (χ0n) is 13.7. The zero-order chi connectivity index (χ0) is 16.9. The number of aromatic nitrogens is 1. The van der Waals surface area contributed by atoms with E-state index in [1.165, 1.54) is 0 Å². The van der Waals surface area contributed by atoms with Crippen LogP contribution < -0.4 is 10.6 Å². The largest absolute Gasteiger partial charge is 0.388 e. The van der Waals surface area contributed by atoms with Gasteiger partial charge < -0.3 is 20.3 Å². The van der Waals surface area contributed by atoms with Crippen molar-refractivity contribution in [3.05, 3.63) is 42.1 Å². The fourth-order valence-corrected chi connectivity index (χ4v) is 1.83. The van der Waals surface area contributed by atoms with Gasteiger partial charge in [-0.05, 0) is 12.8 Å². The molecule has 3 N–H and O–H groups in total. The van der Waals surface area contributed by atoms with Gasteiger partial charge in [0.2, 0.25) is 0 Å². The number of carbonyl (C=O) groups is 1. The second-order valence-corrected chi connectivity index (χ2v) is 6.10. The summed E-state index contributed by atoms with van der Waals surface area (Å²) in [6, 6.07) is 11.1. The summed E-state index contributed by atoms with van der Waals surface area (Å²) < 4.78 is 5.27. The van der Waals surface area contributed by atoms with Crippen molar-refractivity contribution < 1.29 is 14.4 Å². The molecule has 0 saturated heterocycles. The summed E-state index contributed by atoms with van der Waals surface area (Å²) in [7, 11) is 0. The molecular weight excluding hydrogens is 294 g/mol. The normalized spacial score (nSPS) is 13.6. The third-order valence-electron chi connectivity index (χ3n) is 3.90. The van der Waals surface area contributed by atoms with Gasteiger partial charge in [0.05, 0.1) is 12.1 Å². The number of amides is 2. The van der Waals surface area contributed by atoms with Crippen molar-refractivity contribution in [2.75, 3.05) is 6.54 Å². The number of carbonyl (C=O) groups excluding carboxylic acids is 1. The Bertz CT molecular complexity index is 636. The summed E-state index contributed by atoms with van der Waals surface area (Å²) in [5.74, 6) is 0.706. The number of aliphatic hydroxyl groups is 1. The molecule has 124 valence electrons. The molecule has 0 radical (unpaired) electrons. The fraction of sp³-hybridized carbons (Fsp3) is 0.412. The summed E-state index contributed by atoms with van der Waals surface area (Å²) in [5.41, 5.74) is 0.629. The molecule has 1 unspecified atom stereocenters. The number of rotatable bonds is 6. The molecule has 2 rings (SSSR count). The molecule has 1 atom stereocenters. The highest BCUT2D eigenvalue weighted by atomic mass is 16.5. The Morgan fingerprint density at radius 2 is 2.00 bits per heavy atom. The fourth-order valence-electron chi connectivity index (χ4n) is 1.83. The van der Waals surface area contributed by atoms with E-state index in [2.05, 4.69) is 15.8 Å². The van der Waals surface area contributed by atoms with Crippen molar-refractivity contribution in [3.63, 3.8) is 0 Å². The van der Waals surface area contributed by atoms with Crippen LogP contribution in [0.4, 0.5) is 4.79 Å². The van der Waals surface area contributed by atoms with Gasteiger partial charge in [0.15, 0.2) is 5.76 Å². The Labute approximate surface area is 135 Å². The summed E-state index contributed by atoms with van der Waals surface area (Å²) in [6.07, 6.45) is 0. The predicted octanol–water partition coefficient (Wildman–Crippen LogP) is 2.55. The van der Waals surface area contributed by atoms with Crippen LogP contribution >= 0.6 is 0 Å². The van der Waals surface area contributed by atoms with Crippen molar-refractivity contribution in [2.24, 2.45) is 5.92 Å². The third kappa shape index (κ3) is 4.82. The van der Waals surface area contributed by atoms with Crippen LogP contribution in [0, 0.1) is 5.92 Å². The maximum absolute atomic E-state index is 11.8. The minimum Gasteiger partial charge on any atom is -0.388 e. The van der Waals surface area contributed by atoms with E-state index >= 15 is 0 Å². The van der Waals surface area contributed by atoms with Crippen LogP contribution in [0.15, 0.2) is 40.9 Å². The van der Waals surface area contributed by atoms with Crippen molar-refractivity contribution in [1.29, 1.82) is 0 Å². The molecule has 0 aliphatic heterocycles. The second-order valence-electron chi connectivity index (χ2n) is 6.10. The molecule has 0 aliphatic rings. The van der Waals surface area contributed by atoms with Gasteiger partial charge in [-0.2, -0.15) is 0 Å². The molecule has 1 aromatic heterocycles. The number of nitrogens with one attached hydrogen (secondary N) is 2. The van der Waals surface area contributed by atoms with E-state index in [1.807, 2.05) is 44.2 Å². The van der Waals surface area contributed by atoms with E-state index in [0.29, 0.717) is 11.5 Å². The van der Waals surface area contributed by atoms with Crippen LogP contribution in [-0.4, -0.2) is 28.4 Å². The molecule has 6 heteroatoms. The topological polar surface area (TPSA) is 87.4 Å². The third-order valence-corrected chi connectivity index (χ3v) is 3.90. The first-order valence-electron chi connectivity index (χ1n) is 7.63. The minimum absolute atomic E-state index is 0.0479. The molecule has 2 aromatic rings. The van der Waals surface area contributed by atoms with Gasteiger partial charge in [-0.15, -0.1) is 0 Å². The van der Waals surface area contributed by atoms with Crippen LogP contribution in [-0.2, 0) is 6.54 Å². The smallest absolute Gasteiger partial charge is 0.315 e.